The highest BCUT2D eigenvalue weighted by Gasteiger charge is 2.57. The monoisotopic (exact) mass is 1870 g/mol. The second-order valence-corrected chi connectivity index (χ2v) is 40.1. The van der Waals surface area contributed by atoms with Crippen LogP contribution in [0.3, 0.4) is 0 Å². The number of fused-ring (bicyclic) bond motifs is 16. The Balaban J connectivity index is 0.000000106. The molecule has 0 N–H and O–H groups in total. The average Bonchev–Trinajstić information content (AvgIpc) is 1.48. The Morgan fingerprint density at radius 1 is 0.460 bits per heavy atom. The lowest BCUT2D eigenvalue weighted by atomic mass is 9.62. The van der Waals surface area contributed by atoms with E-state index in [1.165, 1.54) is 98.5 Å². The van der Waals surface area contributed by atoms with Crippen LogP contribution in [0.15, 0.2) is 188 Å². The van der Waals surface area contributed by atoms with Crippen molar-refractivity contribution in [3.8, 4) is 11.5 Å². The number of hydrogen-bond donors (Lipinski definition) is 0. The van der Waals surface area contributed by atoms with Gasteiger partial charge in [0.05, 0.1) is 78.6 Å². The number of rotatable bonds is 6. The fraction of sp³-hybridized carbons (Fsp3) is 0.504. The molecule has 0 spiro atoms. The van der Waals surface area contributed by atoms with Crippen LogP contribution >= 0.6 is 0 Å². The SMILES string of the molecule is C=C(C)C1(C)CC(=O)OC2CCCCC21.CC1C(=O)OC2CCCCC21.CC1CC=C2C(C1)OC(=O)C2C.O=C1CCC2CCCCC2O1.O=C1Cc2ccccc2CO1.O=C1OC(Cc2ccccc2)c2ccccc21.O=C1OC(c2ccc3c(c2)CCC3)c2ccccc21.O=C1OCC2C3CCC(O3)C12.O=C1OCCC2CN(Cc3ccccc3)CC12.O=C1OCc2cc3c(cc21)OCO3. The number of aryl methyl sites for hydroxylation is 2. The zero-order chi connectivity index (χ0) is 95.4. The van der Waals surface area contributed by atoms with Gasteiger partial charge in [0.2, 0.25) is 6.79 Å². The third kappa shape index (κ3) is 23.0. The molecule has 14 aliphatic heterocycles. The summed E-state index contributed by atoms with van der Waals surface area (Å²) in [5.74, 6) is 4.15. The van der Waals surface area contributed by atoms with Crippen LogP contribution in [0, 0.1) is 64.6 Å². The lowest BCUT2D eigenvalue weighted by Crippen LogP contribution is -2.47. The van der Waals surface area contributed by atoms with Crippen LogP contribution in [0.25, 0.3) is 0 Å². The largest absolute Gasteiger partial charge is 0.465 e. The molecule has 724 valence electrons. The highest BCUT2D eigenvalue weighted by molar-refractivity contribution is 5.96. The van der Waals surface area contributed by atoms with Crippen molar-refractivity contribution >= 4 is 59.7 Å². The van der Waals surface area contributed by atoms with Crippen LogP contribution in [-0.2, 0) is 131 Å². The highest BCUT2D eigenvalue weighted by Crippen LogP contribution is 2.51. The second kappa shape index (κ2) is 44.4. The fourth-order valence-electron chi connectivity index (χ4n) is 23.2. The molecular weight excluding hydrogens is 1740 g/mol. The molecule has 3 saturated carbocycles. The summed E-state index contributed by atoms with van der Waals surface area (Å²) in [6.07, 6.45) is 29.9. The van der Waals surface area contributed by atoms with E-state index in [0.29, 0.717) is 115 Å². The zero-order valence-electron chi connectivity index (χ0n) is 79.4. The molecule has 0 amide bonds. The van der Waals surface area contributed by atoms with Gasteiger partial charge in [-0.1, -0.05) is 198 Å². The smallest absolute Gasteiger partial charge is 0.339 e. The van der Waals surface area contributed by atoms with E-state index in [4.69, 9.17) is 61.6 Å². The topological polar surface area (TPSA) is 294 Å². The first-order chi connectivity index (χ1) is 66.4. The Morgan fingerprint density at radius 2 is 1.12 bits per heavy atom. The molecule has 12 fully saturated rings. The normalized spacial score (nSPS) is 30.1. The Bertz CT molecular complexity index is 5580. The number of allylic oxidation sites excluding steroid dienone is 2. The van der Waals surface area contributed by atoms with E-state index in [-0.39, 0.29) is 138 Å². The lowest BCUT2D eigenvalue weighted by Gasteiger charge is -2.47. The Labute approximate surface area is 802 Å². The minimum Gasteiger partial charge on any atom is -0.465 e. The summed E-state index contributed by atoms with van der Waals surface area (Å²) in [7, 11) is 0. The molecular formula is C113H129NO23. The van der Waals surface area contributed by atoms with Gasteiger partial charge in [0, 0.05) is 72.3 Å². The van der Waals surface area contributed by atoms with Crippen molar-refractivity contribution in [3.63, 3.8) is 0 Å². The van der Waals surface area contributed by atoms with Crippen molar-refractivity contribution < 1.29 is 110 Å². The molecule has 7 aromatic rings. The highest BCUT2D eigenvalue weighted by atomic mass is 16.7. The Hall–Kier alpha value is -11.8. The van der Waals surface area contributed by atoms with Crippen LogP contribution < -0.4 is 9.47 Å². The van der Waals surface area contributed by atoms with Gasteiger partial charge >= 0.3 is 59.7 Å². The van der Waals surface area contributed by atoms with Gasteiger partial charge in [-0.15, -0.1) is 0 Å². The average molecular weight is 1870 g/mol. The third-order valence-corrected chi connectivity index (χ3v) is 31.1. The summed E-state index contributed by atoms with van der Waals surface area (Å²) in [6.45, 7) is 19.5. The maximum atomic E-state index is 11.9. The van der Waals surface area contributed by atoms with Crippen LogP contribution in [0.1, 0.15) is 268 Å². The maximum Gasteiger partial charge on any atom is 0.339 e. The number of likely N-dealkylation sites (tertiary alicyclic amines) is 1. The number of hydrogen-bond acceptors (Lipinski definition) is 24. The van der Waals surface area contributed by atoms with E-state index < -0.39 is 0 Å². The van der Waals surface area contributed by atoms with E-state index >= 15 is 0 Å². The molecule has 26 rings (SSSR count). The van der Waals surface area contributed by atoms with E-state index in [2.05, 4.69) is 86.0 Å². The molecule has 7 aromatic carbocycles. The van der Waals surface area contributed by atoms with E-state index in [1.54, 1.807) is 12.1 Å². The summed E-state index contributed by atoms with van der Waals surface area (Å²) >= 11 is 0. The number of carbonyl (C=O) groups is 10. The summed E-state index contributed by atoms with van der Waals surface area (Å²) in [5.41, 5.74) is 15.9. The first-order valence-corrected chi connectivity index (χ1v) is 49.9. The van der Waals surface area contributed by atoms with Gasteiger partial charge in [0.1, 0.15) is 43.7 Å². The molecule has 14 heterocycles. The number of nitrogens with zero attached hydrogens (tertiary/aromatic N) is 1. The molecule has 5 aliphatic carbocycles. The molecule has 2 bridgehead atoms. The Morgan fingerprint density at radius 3 is 1.88 bits per heavy atom. The molecule has 0 radical (unpaired) electrons. The molecule has 137 heavy (non-hydrogen) atoms. The number of carbonyl (C=O) groups excluding carboxylic acids is 10. The quantitative estimate of drug-likeness (QED) is 0.0848. The maximum absolute atomic E-state index is 11.9. The first kappa shape index (κ1) is 96.9. The van der Waals surface area contributed by atoms with Crippen LogP contribution in [0.5, 0.6) is 11.5 Å². The van der Waals surface area contributed by atoms with Crippen molar-refractivity contribution in [2.75, 3.05) is 33.1 Å². The van der Waals surface area contributed by atoms with Gasteiger partial charge in [-0.05, 0) is 216 Å². The molecule has 0 aromatic heterocycles. The third-order valence-electron chi connectivity index (χ3n) is 31.1. The summed E-state index contributed by atoms with van der Waals surface area (Å²) in [5, 5.41) is 0. The van der Waals surface area contributed by atoms with Crippen molar-refractivity contribution in [2.45, 2.75) is 264 Å². The summed E-state index contributed by atoms with van der Waals surface area (Å²) < 4.78 is 67.9. The zero-order valence-corrected chi connectivity index (χ0v) is 79.4. The summed E-state index contributed by atoms with van der Waals surface area (Å²) in [6, 6.07) is 53.6. The second-order valence-electron chi connectivity index (χ2n) is 40.1. The van der Waals surface area contributed by atoms with Gasteiger partial charge in [0.15, 0.2) is 17.6 Å². The molecule has 9 saturated heterocycles. The minimum atomic E-state index is -0.284. The van der Waals surface area contributed by atoms with Crippen LogP contribution in [0.4, 0.5) is 0 Å². The van der Waals surface area contributed by atoms with Crippen molar-refractivity contribution in [2.24, 2.45) is 64.6 Å². The lowest BCUT2D eigenvalue weighted by molar-refractivity contribution is -0.171. The first-order valence-electron chi connectivity index (χ1n) is 49.9. The van der Waals surface area contributed by atoms with E-state index in [1.807, 2.05) is 118 Å². The number of benzene rings is 7. The van der Waals surface area contributed by atoms with Crippen LogP contribution in [0.2, 0.25) is 0 Å². The predicted octanol–water partition coefficient (Wildman–Crippen LogP) is 19.6. The van der Waals surface area contributed by atoms with Gasteiger partial charge in [-0.2, -0.15) is 0 Å². The summed E-state index contributed by atoms with van der Waals surface area (Å²) in [4.78, 5) is 115. The van der Waals surface area contributed by atoms with Gasteiger partial charge in [-0.3, -0.25) is 38.5 Å². The molecule has 19 aliphatic rings. The Kier molecular flexibility index (Phi) is 31.4. The van der Waals surface area contributed by atoms with E-state index in [0.717, 1.165) is 129 Å². The van der Waals surface area contributed by atoms with Crippen molar-refractivity contribution in [1.82, 2.24) is 4.90 Å². The molecule has 24 nitrogen and oxygen atoms in total. The number of esters is 10. The van der Waals surface area contributed by atoms with Crippen molar-refractivity contribution in [1.29, 1.82) is 0 Å². The fourth-order valence-corrected chi connectivity index (χ4v) is 23.2. The van der Waals surface area contributed by atoms with Gasteiger partial charge in [0.25, 0.3) is 0 Å². The molecule has 24 heteroatoms. The molecule has 19 atom stereocenters. The van der Waals surface area contributed by atoms with Gasteiger partial charge < -0.3 is 61.6 Å². The van der Waals surface area contributed by atoms with Gasteiger partial charge in [-0.25, -0.2) is 14.4 Å². The predicted molar refractivity (Wildman–Crippen MR) is 506 cm³/mol. The van der Waals surface area contributed by atoms with Crippen LogP contribution in [-0.4, -0.2) is 134 Å². The number of cyclic esters (lactones) is 6. The van der Waals surface area contributed by atoms with E-state index in [9.17, 15) is 47.9 Å². The standard InChI is InChI=1S/C17H14O2.C15H12O2.C14H17NO2.C13H20O2.C10H14O2.C9H6O4.C9H14O2.C9H8O2.C9H14O2.C8H10O3/c18-17-15-7-2-1-6-14(15)16(19-17)13-9-8-11-4-3-5-12(11)10-13;16-15-13-9-5-4-8-12(13)14(17-15)10-11-6-2-1-3-7-11;16-14-13-10-15(9-12(13)6-7-17-14)8-11-4-2-1-3-5-11;1-9(2)13(3)8-12(14)15-11-7-5-4-6-10(11)13;1-6-3-4-8-7(2)10(11)12-9(8)5-6;10-9-6-2-8-7(12-4-13-8)1-5(6)3-11-9;1-6-7-4-2-3-5-8(7)11-9(6)10;10-9-5-7-3-1-2-4-8(7)6-11-9;10-9-6-5-7-3-1-2-4-8(7)11-9;9-8-7-4(3-10-8)5-1-2-6(7)11-5/h1-2,6-10,16H,3-5H2;1-9,14H,10H2;1-5,12-13H,6-10H2;10-11H,1,4-8H2,2-3H3;4,6-7,9H,3,5H2,1-2H3;1-2H,3-4H2;6-8H,2-5H2,1H3;1-4H,5-6H2;7-8H,1-6H2;4-7H,1-3H2. The molecule has 19 unspecified atom stereocenters. The number of ether oxygens (including phenoxy) is 13. The van der Waals surface area contributed by atoms with Crippen molar-refractivity contribution in [3.05, 3.63) is 260 Å². The minimum absolute atomic E-state index is 0.0109.